The molecule has 4 heteroatoms. The van der Waals surface area contributed by atoms with Crippen molar-refractivity contribution in [2.45, 2.75) is 45.7 Å². The summed E-state index contributed by atoms with van der Waals surface area (Å²) in [4.78, 5) is 13.8. The highest BCUT2D eigenvalue weighted by atomic mass is 32.1. The first-order chi connectivity index (χ1) is 9.24. The Morgan fingerprint density at radius 3 is 3.00 bits per heavy atom. The summed E-state index contributed by atoms with van der Waals surface area (Å²) in [7, 11) is 0. The fourth-order valence-electron chi connectivity index (χ4n) is 2.81. The molecule has 0 bridgehead atoms. The van der Waals surface area contributed by atoms with Crippen molar-refractivity contribution >= 4 is 17.2 Å². The Labute approximate surface area is 120 Å². The van der Waals surface area contributed by atoms with Crippen molar-refractivity contribution in [1.29, 1.82) is 0 Å². The molecule has 1 amide bonds. The van der Waals surface area contributed by atoms with E-state index in [1.165, 1.54) is 5.56 Å². The molecule has 1 N–H and O–H groups in total. The monoisotopic (exact) mass is 280 g/mol. The Morgan fingerprint density at radius 2 is 2.37 bits per heavy atom. The fourth-order valence-corrected chi connectivity index (χ4v) is 3.48. The first-order valence-corrected chi connectivity index (χ1v) is 8.21. The summed E-state index contributed by atoms with van der Waals surface area (Å²) in [6, 6.07) is 2.72. The summed E-state index contributed by atoms with van der Waals surface area (Å²) < 4.78 is 0. The van der Waals surface area contributed by atoms with Crippen LogP contribution in [0.25, 0.3) is 0 Å². The molecular weight excluding hydrogens is 256 g/mol. The summed E-state index contributed by atoms with van der Waals surface area (Å²) in [5, 5.41) is 7.99. The lowest BCUT2D eigenvalue weighted by Gasteiger charge is -2.38. The van der Waals surface area contributed by atoms with E-state index in [0.717, 1.165) is 32.5 Å². The third-order valence-electron chi connectivity index (χ3n) is 4.06. The van der Waals surface area contributed by atoms with Crippen LogP contribution >= 0.6 is 11.3 Å². The summed E-state index contributed by atoms with van der Waals surface area (Å²) in [6.45, 7) is 6.95. The van der Waals surface area contributed by atoms with Gasteiger partial charge < -0.3 is 10.2 Å². The standard InChI is InChI=1S/C15H24N2OS/c1-3-13-10-17(15(18)4-2)7-5-14(13)16-9-12-6-8-19-11-12/h6,8,11,13-14,16H,3-5,7,9-10H2,1-2H3/t13-,14+/m1/s1. The number of thiophene rings is 1. The summed E-state index contributed by atoms with van der Waals surface area (Å²) in [5.41, 5.74) is 1.37. The average Bonchev–Trinajstić information content (AvgIpc) is 2.97. The molecule has 0 saturated carbocycles. The predicted molar refractivity (Wildman–Crippen MR) is 80.2 cm³/mol. The number of likely N-dealkylation sites (tertiary alicyclic amines) is 1. The molecule has 0 unspecified atom stereocenters. The van der Waals surface area contributed by atoms with Gasteiger partial charge in [0.25, 0.3) is 0 Å². The van der Waals surface area contributed by atoms with E-state index in [-0.39, 0.29) is 0 Å². The molecule has 3 nitrogen and oxygen atoms in total. The summed E-state index contributed by atoms with van der Waals surface area (Å²) >= 11 is 1.75. The van der Waals surface area contributed by atoms with Gasteiger partial charge in [-0.05, 0) is 34.7 Å². The summed E-state index contributed by atoms with van der Waals surface area (Å²) in [6.07, 6.45) is 2.84. The highest BCUT2D eigenvalue weighted by molar-refractivity contribution is 7.07. The highest BCUT2D eigenvalue weighted by Gasteiger charge is 2.29. The molecule has 0 spiro atoms. The van der Waals surface area contributed by atoms with Gasteiger partial charge in [0.15, 0.2) is 0 Å². The van der Waals surface area contributed by atoms with Crippen LogP contribution in [0.1, 0.15) is 38.7 Å². The molecule has 0 radical (unpaired) electrons. The van der Waals surface area contributed by atoms with Crippen molar-refractivity contribution in [1.82, 2.24) is 10.2 Å². The molecule has 1 aliphatic rings. The first-order valence-electron chi connectivity index (χ1n) is 7.26. The molecule has 2 atom stereocenters. The van der Waals surface area contributed by atoms with E-state index < -0.39 is 0 Å². The van der Waals surface area contributed by atoms with Gasteiger partial charge in [-0.1, -0.05) is 20.3 Å². The van der Waals surface area contributed by atoms with Gasteiger partial charge in [0.2, 0.25) is 5.91 Å². The van der Waals surface area contributed by atoms with Crippen molar-refractivity contribution in [2.75, 3.05) is 13.1 Å². The molecule has 0 aromatic carbocycles. The maximum atomic E-state index is 11.8. The van der Waals surface area contributed by atoms with Crippen molar-refractivity contribution in [3.8, 4) is 0 Å². The zero-order valence-electron chi connectivity index (χ0n) is 11.9. The number of carbonyl (C=O) groups is 1. The lowest BCUT2D eigenvalue weighted by molar-refractivity contribution is -0.133. The lowest BCUT2D eigenvalue weighted by atomic mass is 9.89. The average molecular weight is 280 g/mol. The van der Waals surface area contributed by atoms with Crippen molar-refractivity contribution < 1.29 is 4.79 Å². The maximum absolute atomic E-state index is 11.8. The van der Waals surface area contributed by atoms with Gasteiger partial charge in [-0.3, -0.25) is 4.79 Å². The minimum Gasteiger partial charge on any atom is -0.342 e. The third-order valence-corrected chi connectivity index (χ3v) is 4.79. The Kier molecular flexibility index (Phi) is 5.40. The number of amides is 1. The predicted octanol–water partition coefficient (Wildman–Crippen LogP) is 2.87. The Bertz CT molecular complexity index is 391. The van der Waals surface area contributed by atoms with Gasteiger partial charge in [0.05, 0.1) is 0 Å². The van der Waals surface area contributed by atoms with Gasteiger partial charge >= 0.3 is 0 Å². The number of hydrogen-bond acceptors (Lipinski definition) is 3. The quantitative estimate of drug-likeness (QED) is 0.899. The van der Waals surface area contributed by atoms with Crippen LogP contribution in [0.4, 0.5) is 0 Å². The van der Waals surface area contributed by atoms with Gasteiger partial charge in [-0.25, -0.2) is 0 Å². The number of carbonyl (C=O) groups excluding carboxylic acids is 1. The Hall–Kier alpha value is -0.870. The van der Waals surface area contributed by atoms with Gasteiger partial charge in [0, 0.05) is 32.1 Å². The van der Waals surface area contributed by atoms with Crippen LogP contribution in [-0.2, 0) is 11.3 Å². The normalized spacial score (nSPS) is 23.6. The van der Waals surface area contributed by atoms with E-state index in [4.69, 9.17) is 0 Å². The molecule has 1 aromatic heterocycles. The molecule has 1 fully saturated rings. The van der Waals surface area contributed by atoms with E-state index in [9.17, 15) is 4.79 Å². The van der Waals surface area contributed by atoms with E-state index in [1.54, 1.807) is 11.3 Å². The van der Waals surface area contributed by atoms with E-state index in [1.807, 2.05) is 11.8 Å². The molecule has 1 aromatic rings. The van der Waals surface area contributed by atoms with Crippen molar-refractivity contribution in [2.24, 2.45) is 5.92 Å². The fraction of sp³-hybridized carbons (Fsp3) is 0.667. The molecule has 19 heavy (non-hydrogen) atoms. The van der Waals surface area contributed by atoms with Crippen LogP contribution in [0.3, 0.4) is 0 Å². The molecule has 106 valence electrons. The van der Waals surface area contributed by atoms with Crippen LogP contribution in [0.15, 0.2) is 16.8 Å². The lowest BCUT2D eigenvalue weighted by Crippen LogP contribution is -2.50. The van der Waals surface area contributed by atoms with Crippen LogP contribution < -0.4 is 5.32 Å². The second-order valence-electron chi connectivity index (χ2n) is 5.27. The van der Waals surface area contributed by atoms with Gasteiger partial charge in [-0.2, -0.15) is 11.3 Å². The van der Waals surface area contributed by atoms with Gasteiger partial charge in [-0.15, -0.1) is 0 Å². The molecule has 1 aliphatic heterocycles. The van der Waals surface area contributed by atoms with Crippen LogP contribution in [0.2, 0.25) is 0 Å². The molecular formula is C15H24N2OS. The largest absolute Gasteiger partial charge is 0.342 e. The zero-order chi connectivity index (χ0) is 13.7. The van der Waals surface area contributed by atoms with E-state index >= 15 is 0 Å². The molecule has 1 saturated heterocycles. The number of nitrogens with zero attached hydrogens (tertiary/aromatic N) is 1. The van der Waals surface area contributed by atoms with Gasteiger partial charge in [0.1, 0.15) is 0 Å². The van der Waals surface area contributed by atoms with E-state index in [2.05, 4.69) is 29.1 Å². The van der Waals surface area contributed by atoms with Crippen LogP contribution in [0.5, 0.6) is 0 Å². The second kappa shape index (κ2) is 7.06. The topological polar surface area (TPSA) is 32.3 Å². The van der Waals surface area contributed by atoms with Crippen molar-refractivity contribution in [3.05, 3.63) is 22.4 Å². The SMILES string of the molecule is CCC(=O)N1CC[C@H](NCc2ccsc2)[C@H](CC)C1. The Balaban J connectivity index is 1.86. The van der Waals surface area contributed by atoms with Crippen molar-refractivity contribution in [3.63, 3.8) is 0 Å². The number of nitrogens with one attached hydrogen (secondary N) is 1. The molecule has 2 rings (SSSR count). The molecule has 0 aliphatic carbocycles. The number of piperidine rings is 1. The number of rotatable bonds is 5. The zero-order valence-corrected chi connectivity index (χ0v) is 12.7. The smallest absolute Gasteiger partial charge is 0.222 e. The maximum Gasteiger partial charge on any atom is 0.222 e. The number of hydrogen-bond donors (Lipinski definition) is 1. The summed E-state index contributed by atoms with van der Waals surface area (Å²) in [5.74, 6) is 0.887. The van der Waals surface area contributed by atoms with Crippen LogP contribution in [-0.4, -0.2) is 29.9 Å². The highest BCUT2D eigenvalue weighted by Crippen LogP contribution is 2.21. The Morgan fingerprint density at radius 1 is 1.53 bits per heavy atom. The first kappa shape index (κ1) is 14.5. The third kappa shape index (κ3) is 3.80. The minimum absolute atomic E-state index is 0.301. The second-order valence-corrected chi connectivity index (χ2v) is 6.05. The van der Waals surface area contributed by atoms with E-state index in [0.29, 0.717) is 24.3 Å². The minimum atomic E-state index is 0.301. The van der Waals surface area contributed by atoms with Crippen LogP contribution in [0, 0.1) is 5.92 Å². The molecule has 2 heterocycles.